The van der Waals surface area contributed by atoms with Gasteiger partial charge in [-0.3, -0.25) is 4.79 Å². The van der Waals surface area contributed by atoms with E-state index in [1.165, 1.54) is 12.7 Å². The van der Waals surface area contributed by atoms with Gasteiger partial charge in [0.15, 0.2) is 11.6 Å². The summed E-state index contributed by atoms with van der Waals surface area (Å²) in [5.74, 6) is 0.521. The summed E-state index contributed by atoms with van der Waals surface area (Å²) in [5, 5.41) is 3.14. The number of hydrogen-bond donors (Lipinski definition) is 1. The summed E-state index contributed by atoms with van der Waals surface area (Å²) in [5.41, 5.74) is 0.463. The van der Waals surface area contributed by atoms with Crippen molar-refractivity contribution in [2.75, 3.05) is 18.0 Å². The summed E-state index contributed by atoms with van der Waals surface area (Å²) < 4.78 is 14.3. The van der Waals surface area contributed by atoms with Crippen LogP contribution in [0.15, 0.2) is 6.33 Å². The Morgan fingerprint density at radius 1 is 1.32 bits per heavy atom. The summed E-state index contributed by atoms with van der Waals surface area (Å²) in [4.78, 5) is 22.0. The lowest BCUT2D eigenvalue weighted by atomic mass is 9.84. The van der Waals surface area contributed by atoms with E-state index in [4.69, 9.17) is 0 Å². The van der Waals surface area contributed by atoms with Crippen molar-refractivity contribution in [3.8, 4) is 0 Å². The molecule has 1 N–H and O–H groups in total. The van der Waals surface area contributed by atoms with Gasteiger partial charge in [0.25, 0.3) is 0 Å². The SMILES string of the molecule is CCc1ncnc(N2CCC(NC(=O)C3CCC3)CC2)c1F. The van der Waals surface area contributed by atoms with Crippen LogP contribution in [-0.2, 0) is 11.2 Å². The Morgan fingerprint density at radius 3 is 2.64 bits per heavy atom. The Morgan fingerprint density at radius 2 is 2.05 bits per heavy atom. The van der Waals surface area contributed by atoms with Gasteiger partial charge in [-0.1, -0.05) is 13.3 Å². The van der Waals surface area contributed by atoms with E-state index in [-0.39, 0.29) is 23.7 Å². The molecule has 1 saturated heterocycles. The summed E-state index contributed by atoms with van der Waals surface area (Å²) in [6.07, 6.45) is 6.89. The summed E-state index contributed by atoms with van der Waals surface area (Å²) in [7, 11) is 0. The molecular formula is C16H23FN4O. The molecule has 0 atom stereocenters. The normalized spacial score (nSPS) is 19.8. The Balaban J connectivity index is 1.56. The maximum atomic E-state index is 14.3. The van der Waals surface area contributed by atoms with Crippen LogP contribution < -0.4 is 10.2 Å². The van der Waals surface area contributed by atoms with Crippen LogP contribution in [0.1, 0.15) is 44.7 Å². The first-order valence-corrected chi connectivity index (χ1v) is 8.23. The Kier molecular flexibility index (Phi) is 4.55. The molecule has 5 nitrogen and oxygen atoms in total. The molecule has 1 aliphatic heterocycles. The first-order chi connectivity index (χ1) is 10.7. The van der Waals surface area contributed by atoms with Crippen molar-refractivity contribution in [1.82, 2.24) is 15.3 Å². The average molecular weight is 306 g/mol. The third-order valence-corrected chi connectivity index (χ3v) is 4.80. The number of anilines is 1. The quantitative estimate of drug-likeness (QED) is 0.925. The molecule has 1 aliphatic carbocycles. The van der Waals surface area contributed by atoms with Gasteiger partial charge < -0.3 is 10.2 Å². The number of rotatable bonds is 4. The van der Waals surface area contributed by atoms with Crippen LogP contribution in [0.25, 0.3) is 0 Å². The molecule has 1 saturated carbocycles. The van der Waals surface area contributed by atoms with Gasteiger partial charge in [0, 0.05) is 25.0 Å². The summed E-state index contributed by atoms with van der Waals surface area (Å²) in [6.45, 7) is 3.32. The summed E-state index contributed by atoms with van der Waals surface area (Å²) in [6, 6.07) is 0.208. The average Bonchev–Trinajstić information content (AvgIpc) is 2.46. The largest absolute Gasteiger partial charge is 0.354 e. The third-order valence-electron chi connectivity index (χ3n) is 4.80. The minimum absolute atomic E-state index is 0.200. The molecule has 1 amide bonds. The second kappa shape index (κ2) is 6.58. The van der Waals surface area contributed by atoms with Crippen LogP contribution >= 0.6 is 0 Å². The van der Waals surface area contributed by atoms with Gasteiger partial charge in [0.2, 0.25) is 5.91 Å². The van der Waals surface area contributed by atoms with Gasteiger partial charge in [-0.2, -0.15) is 0 Å². The molecule has 0 unspecified atom stereocenters. The Hall–Kier alpha value is -1.72. The number of nitrogens with zero attached hydrogens (tertiary/aromatic N) is 3. The fourth-order valence-electron chi connectivity index (χ4n) is 3.09. The van der Waals surface area contributed by atoms with Crippen LogP contribution in [0.2, 0.25) is 0 Å². The van der Waals surface area contributed by atoms with E-state index < -0.39 is 0 Å². The number of halogens is 1. The zero-order valence-electron chi connectivity index (χ0n) is 13.0. The highest BCUT2D eigenvalue weighted by Crippen LogP contribution is 2.27. The number of amides is 1. The number of nitrogens with one attached hydrogen (secondary N) is 1. The van der Waals surface area contributed by atoms with Crippen LogP contribution in [0, 0.1) is 11.7 Å². The lowest BCUT2D eigenvalue weighted by molar-refractivity contribution is -0.128. The third kappa shape index (κ3) is 3.05. The van der Waals surface area contributed by atoms with Crippen LogP contribution in [0.4, 0.5) is 10.2 Å². The van der Waals surface area contributed by atoms with Crippen molar-refractivity contribution in [2.24, 2.45) is 5.92 Å². The maximum Gasteiger partial charge on any atom is 0.223 e. The molecule has 0 aromatic carbocycles. The van der Waals surface area contributed by atoms with E-state index in [2.05, 4.69) is 15.3 Å². The van der Waals surface area contributed by atoms with Crippen molar-refractivity contribution >= 4 is 11.7 Å². The Labute approximate surface area is 130 Å². The van der Waals surface area contributed by atoms with Crippen molar-refractivity contribution in [3.63, 3.8) is 0 Å². The first kappa shape index (κ1) is 15.2. The molecule has 2 heterocycles. The Bertz CT molecular complexity index is 539. The molecule has 2 fully saturated rings. The van der Waals surface area contributed by atoms with Gasteiger partial charge in [-0.05, 0) is 32.1 Å². The highest BCUT2D eigenvalue weighted by atomic mass is 19.1. The molecule has 6 heteroatoms. The second-order valence-corrected chi connectivity index (χ2v) is 6.21. The zero-order chi connectivity index (χ0) is 15.5. The van der Waals surface area contributed by atoms with Gasteiger partial charge in [-0.25, -0.2) is 14.4 Å². The minimum Gasteiger partial charge on any atom is -0.354 e. The van der Waals surface area contributed by atoms with Crippen LogP contribution in [0.5, 0.6) is 0 Å². The number of carbonyl (C=O) groups excluding carboxylic acids is 1. The van der Waals surface area contributed by atoms with Gasteiger partial charge in [-0.15, -0.1) is 0 Å². The number of hydrogen-bond acceptors (Lipinski definition) is 4. The molecule has 1 aromatic rings. The molecule has 0 radical (unpaired) electrons. The summed E-state index contributed by atoms with van der Waals surface area (Å²) >= 11 is 0. The topological polar surface area (TPSA) is 58.1 Å². The zero-order valence-corrected chi connectivity index (χ0v) is 13.0. The highest BCUT2D eigenvalue weighted by molar-refractivity contribution is 5.79. The number of aromatic nitrogens is 2. The lowest BCUT2D eigenvalue weighted by Gasteiger charge is -2.35. The van der Waals surface area contributed by atoms with E-state index >= 15 is 0 Å². The number of carbonyl (C=O) groups is 1. The number of aryl methyl sites for hydroxylation is 1. The maximum absolute atomic E-state index is 14.3. The van der Waals surface area contributed by atoms with Crippen LogP contribution in [0.3, 0.4) is 0 Å². The monoisotopic (exact) mass is 306 g/mol. The molecule has 2 aliphatic rings. The van der Waals surface area contributed by atoms with Gasteiger partial charge >= 0.3 is 0 Å². The molecule has 120 valence electrons. The molecule has 0 spiro atoms. The van der Waals surface area contributed by atoms with Crippen molar-refractivity contribution < 1.29 is 9.18 Å². The molecular weight excluding hydrogens is 283 g/mol. The van der Waals surface area contributed by atoms with Crippen molar-refractivity contribution in [3.05, 3.63) is 17.8 Å². The van der Waals surface area contributed by atoms with E-state index in [0.29, 0.717) is 31.0 Å². The molecule has 0 bridgehead atoms. The van der Waals surface area contributed by atoms with E-state index in [0.717, 1.165) is 25.7 Å². The molecule has 22 heavy (non-hydrogen) atoms. The fourth-order valence-corrected chi connectivity index (χ4v) is 3.09. The van der Waals surface area contributed by atoms with E-state index in [9.17, 15) is 9.18 Å². The number of piperidine rings is 1. The fraction of sp³-hybridized carbons (Fsp3) is 0.688. The van der Waals surface area contributed by atoms with Crippen LogP contribution in [-0.4, -0.2) is 35.0 Å². The van der Waals surface area contributed by atoms with Gasteiger partial charge in [0.05, 0.1) is 5.69 Å². The lowest BCUT2D eigenvalue weighted by Crippen LogP contribution is -2.47. The van der Waals surface area contributed by atoms with E-state index in [1.807, 2.05) is 11.8 Å². The molecule has 3 rings (SSSR count). The smallest absolute Gasteiger partial charge is 0.223 e. The van der Waals surface area contributed by atoms with Crippen molar-refractivity contribution in [1.29, 1.82) is 0 Å². The predicted octanol–water partition coefficient (Wildman–Crippen LogP) is 2.06. The second-order valence-electron chi connectivity index (χ2n) is 6.21. The molecule has 1 aromatic heterocycles. The van der Waals surface area contributed by atoms with Gasteiger partial charge in [0.1, 0.15) is 6.33 Å². The predicted molar refractivity (Wildman–Crippen MR) is 82.1 cm³/mol. The minimum atomic E-state index is -0.304. The first-order valence-electron chi connectivity index (χ1n) is 8.23. The highest BCUT2D eigenvalue weighted by Gasteiger charge is 2.29. The van der Waals surface area contributed by atoms with Crippen molar-refractivity contribution in [2.45, 2.75) is 51.5 Å². The standard InChI is InChI=1S/C16H23FN4O/c1-2-13-14(17)15(19-10-18-13)21-8-6-12(7-9-21)20-16(22)11-4-3-5-11/h10-12H,2-9H2,1H3,(H,20,22). The van der Waals surface area contributed by atoms with E-state index in [1.54, 1.807) is 0 Å².